The van der Waals surface area contributed by atoms with Gasteiger partial charge in [0.05, 0.1) is 5.56 Å². The highest BCUT2D eigenvalue weighted by molar-refractivity contribution is 6.30. The Bertz CT molecular complexity index is 993. The van der Waals surface area contributed by atoms with Crippen molar-refractivity contribution < 1.29 is 9.90 Å². The van der Waals surface area contributed by atoms with Crippen molar-refractivity contribution in [3.8, 4) is 0 Å². The summed E-state index contributed by atoms with van der Waals surface area (Å²) in [6.45, 7) is 5.71. The van der Waals surface area contributed by atoms with E-state index in [0.717, 1.165) is 40.5 Å². The van der Waals surface area contributed by atoms with Crippen molar-refractivity contribution in [1.82, 2.24) is 9.88 Å². The largest absolute Gasteiger partial charge is 0.478 e. The second kappa shape index (κ2) is 9.49. The van der Waals surface area contributed by atoms with Crippen LogP contribution in [0, 0.1) is 13.8 Å². The fourth-order valence-electron chi connectivity index (χ4n) is 3.56. The number of hydrogen-bond donors (Lipinski definition) is 2. The van der Waals surface area contributed by atoms with E-state index in [9.17, 15) is 9.90 Å². The summed E-state index contributed by atoms with van der Waals surface area (Å²) in [4.78, 5) is 11.9. The smallest absolute Gasteiger partial charge is 0.337 e. The second-order valence-corrected chi connectivity index (χ2v) is 7.97. The van der Waals surface area contributed by atoms with Crippen molar-refractivity contribution in [2.45, 2.75) is 33.4 Å². The second-order valence-electron chi connectivity index (χ2n) is 7.10. The monoisotopic (exact) mass is 430 g/mol. The average molecular weight is 431 g/mol. The van der Waals surface area contributed by atoms with Gasteiger partial charge in [0.25, 0.3) is 0 Å². The number of rotatable bonds is 8. The van der Waals surface area contributed by atoms with Crippen molar-refractivity contribution in [2.24, 2.45) is 0 Å². The van der Waals surface area contributed by atoms with Gasteiger partial charge in [0.1, 0.15) is 0 Å². The topological polar surface area (TPSA) is 54.3 Å². The number of nitrogens with one attached hydrogen (secondary N) is 1. The molecule has 4 nitrogen and oxygen atoms in total. The molecule has 0 bridgehead atoms. The molecule has 3 rings (SSSR count). The van der Waals surface area contributed by atoms with Gasteiger partial charge < -0.3 is 15.0 Å². The zero-order valence-corrected chi connectivity index (χ0v) is 18.0. The lowest BCUT2D eigenvalue weighted by molar-refractivity contribution is 0.0694. The molecule has 0 radical (unpaired) electrons. The lowest BCUT2D eigenvalue weighted by Gasteiger charge is -2.10. The minimum absolute atomic E-state index is 0.385. The molecule has 0 aliphatic carbocycles. The van der Waals surface area contributed by atoms with Crippen LogP contribution in [0.3, 0.4) is 0 Å². The maximum Gasteiger partial charge on any atom is 0.337 e. The molecule has 2 N–H and O–H groups in total. The Morgan fingerprint density at radius 3 is 2.03 bits per heavy atom. The standard InChI is InChI=1S/C23H24Cl2N2O2/c1-15-21(13-26-12-11-17-3-7-19(24)8-4-17)22(23(28)29)16(2)27(15)14-18-5-9-20(25)10-6-18/h3-10,26H,11-14H2,1-2H3,(H,28,29). The molecule has 0 unspecified atom stereocenters. The van der Waals surface area contributed by atoms with E-state index in [4.69, 9.17) is 23.2 Å². The number of carboxylic acid groups (broad SMARTS) is 1. The van der Waals surface area contributed by atoms with E-state index >= 15 is 0 Å². The first-order valence-electron chi connectivity index (χ1n) is 9.48. The first kappa shape index (κ1) is 21.4. The van der Waals surface area contributed by atoms with Crippen LogP contribution >= 0.6 is 23.2 Å². The third-order valence-corrected chi connectivity index (χ3v) is 5.69. The molecular weight excluding hydrogens is 407 g/mol. The van der Waals surface area contributed by atoms with Crippen LogP contribution in [0.5, 0.6) is 0 Å². The van der Waals surface area contributed by atoms with Gasteiger partial charge in [-0.2, -0.15) is 0 Å². The summed E-state index contributed by atoms with van der Waals surface area (Å²) >= 11 is 11.9. The van der Waals surface area contributed by atoms with Gasteiger partial charge >= 0.3 is 5.97 Å². The molecule has 0 saturated heterocycles. The Labute approximate surface area is 181 Å². The molecule has 0 saturated carbocycles. The van der Waals surface area contributed by atoms with Gasteiger partial charge in [-0.05, 0) is 62.2 Å². The Balaban J connectivity index is 1.74. The Hall–Kier alpha value is -2.27. The number of aromatic carboxylic acids is 1. The van der Waals surface area contributed by atoms with E-state index in [1.54, 1.807) is 0 Å². The third-order valence-electron chi connectivity index (χ3n) is 5.18. The molecule has 3 aromatic rings. The summed E-state index contributed by atoms with van der Waals surface area (Å²) < 4.78 is 2.06. The summed E-state index contributed by atoms with van der Waals surface area (Å²) in [6, 6.07) is 15.4. The van der Waals surface area contributed by atoms with Crippen LogP contribution in [0.25, 0.3) is 0 Å². The van der Waals surface area contributed by atoms with Crippen LogP contribution in [0.1, 0.15) is 38.4 Å². The van der Waals surface area contributed by atoms with Crippen molar-refractivity contribution in [2.75, 3.05) is 6.54 Å². The SMILES string of the molecule is Cc1c(CNCCc2ccc(Cl)cc2)c(C(=O)O)c(C)n1Cc1ccc(Cl)cc1. The lowest BCUT2D eigenvalue weighted by Crippen LogP contribution is -2.18. The fourth-order valence-corrected chi connectivity index (χ4v) is 3.81. The molecule has 0 amide bonds. The van der Waals surface area contributed by atoms with Gasteiger partial charge in [0.15, 0.2) is 0 Å². The van der Waals surface area contributed by atoms with Crippen LogP contribution in [-0.4, -0.2) is 22.2 Å². The molecule has 29 heavy (non-hydrogen) atoms. The Morgan fingerprint density at radius 2 is 1.48 bits per heavy atom. The third kappa shape index (κ3) is 5.21. The van der Waals surface area contributed by atoms with Crippen molar-refractivity contribution in [1.29, 1.82) is 0 Å². The number of halogens is 2. The molecular formula is C23H24Cl2N2O2. The number of carbonyl (C=O) groups is 1. The summed E-state index contributed by atoms with van der Waals surface area (Å²) in [5.41, 5.74) is 5.21. The zero-order valence-electron chi connectivity index (χ0n) is 16.5. The van der Waals surface area contributed by atoms with E-state index in [-0.39, 0.29) is 0 Å². The van der Waals surface area contributed by atoms with Gasteiger partial charge in [0.2, 0.25) is 0 Å². The van der Waals surface area contributed by atoms with Gasteiger partial charge in [-0.25, -0.2) is 4.79 Å². The summed E-state index contributed by atoms with van der Waals surface area (Å²) in [5.74, 6) is -0.894. The van der Waals surface area contributed by atoms with Crippen molar-refractivity contribution >= 4 is 29.2 Å². The minimum atomic E-state index is -0.894. The van der Waals surface area contributed by atoms with Crippen LogP contribution in [0.4, 0.5) is 0 Å². The highest BCUT2D eigenvalue weighted by atomic mass is 35.5. The van der Waals surface area contributed by atoms with Crippen LogP contribution < -0.4 is 5.32 Å². The highest BCUT2D eigenvalue weighted by Gasteiger charge is 2.22. The van der Waals surface area contributed by atoms with E-state index in [1.807, 2.05) is 62.4 Å². The molecule has 0 aliphatic heterocycles. The van der Waals surface area contributed by atoms with Gasteiger partial charge in [-0.1, -0.05) is 47.5 Å². The van der Waals surface area contributed by atoms with Crippen LogP contribution in [0.15, 0.2) is 48.5 Å². The average Bonchev–Trinajstić information content (AvgIpc) is 2.92. The van der Waals surface area contributed by atoms with Crippen LogP contribution in [-0.2, 0) is 19.5 Å². The lowest BCUT2D eigenvalue weighted by atomic mass is 10.1. The number of benzene rings is 2. The molecule has 0 aliphatic rings. The molecule has 0 fully saturated rings. The molecule has 6 heteroatoms. The zero-order chi connectivity index (χ0) is 21.0. The molecule has 0 spiro atoms. The highest BCUT2D eigenvalue weighted by Crippen LogP contribution is 2.24. The predicted molar refractivity (Wildman–Crippen MR) is 118 cm³/mol. The number of nitrogens with zero attached hydrogens (tertiary/aromatic N) is 1. The van der Waals surface area contributed by atoms with E-state index in [2.05, 4.69) is 9.88 Å². The molecule has 2 aromatic carbocycles. The van der Waals surface area contributed by atoms with E-state index < -0.39 is 5.97 Å². The predicted octanol–water partition coefficient (Wildman–Crippen LogP) is 5.49. The van der Waals surface area contributed by atoms with Gasteiger partial charge in [-0.15, -0.1) is 0 Å². The van der Waals surface area contributed by atoms with Crippen LogP contribution in [0.2, 0.25) is 10.0 Å². The maximum absolute atomic E-state index is 11.9. The maximum atomic E-state index is 11.9. The molecule has 1 heterocycles. The summed E-state index contributed by atoms with van der Waals surface area (Å²) in [5, 5.41) is 14.6. The summed E-state index contributed by atoms with van der Waals surface area (Å²) in [7, 11) is 0. The van der Waals surface area contributed by atoms with Crippen molar-refractivity contribution in [3.05, 3.63) is 92.2 Å². The first-order chi connectivity index (χ1) is 13.9. The van der Waals surface area contributed by atoms with Gasteiger partial charge in [0, 0.05) is 40.1 Å². The van der Waals surface area contributed by atoms with E-state index in [1.165, 1.54) is 5.56 Å². The Kier molecular flexibility index (Phi) is 7.01. The Morgan fingerprint density at radius 1 is 0.931 bits per heavy atom. The number of carboxylic acids is 1. The minimum Gasteiger partial charge on any atom is -0.478 e. The number of hydrogen-bond acceptors (Lipinski definition) is 2. The molecule has 0 atom stereocenters. The molecule has 1 aromatic heterocycles. The van der Waals surface area contributed by atoms with Gasteiger partial charge in [-0.3, -0.25) is 0 Å². The normalized spacial score (nSPS) is 11.0. The quantitative estimate of drug-likeness (QED) is 0.464. The first-order valence-corrected chi connectivity index (χ1v) is 10.2. The van der Waals surface area contributed by atoms with E-state index in [0.29, 0.717) is 23.7 Å². The van der Waals surface area contributed by atoms with Crippen molar-refractivity contribution in [3.63, 3.8) is 0 Å². The number of aromatic nitrogens is 1. The fraction of sp³-hybridized carbons (Fsp3) is 0.261. The molecule has 152 valence electrons. The summed E-state index contributed by atoms with van der Waals surface area (Å²) in [6.07, 6.45) is 0.850.